The molecule has 0 atom stereocenters. The van der Waals surface area contributed by atoms with E-state index in [4.69, 9.17) is 0 Å². The number of hydrogen-bond acceptors (Lipinski definition) is 3. The summed E-state index contributed by atoms with van der Waals surface area (Å²) >= 11 is 0. The number of carbonyl (C=O) groups excluding carboxylic acids is 2. The smallest absolute Gasteiger partial charge is 0.258 e. The van der Waals surface area contributed by atoms with Crippen molar-refractivity contribution in [3.8, 4) is 0 Å². The van der Waals surface area contributed by atoms with Crippen LogP contribution in [0.5, 0.6) is 0 Å². The highest BCUT2D eigenvalue weighted by Gasteiger charge is 2.12. The van der Waals surface area contributed by atoms with Crippen molar-refractivity contribution in [2.45, 2.75) is 19.8 Å². The third kappa shape index (κ3) is 2.93. The van der Waals surface area contributed by atoms with Crippen LogP contribution < -0.4 is 5.32 Å². The Morgan fingerprint density at radius 3 is 2.70 bits per heavy atom. The fourth-order valence-electron chi connectivity index (χ4n) is 1.88. The maximum Gasteiger partial charge on any atom is 0.258 e. The molecular weight excluding hydrogens is 254 g/mol. The Morgan fingerprint density at radius 2 is 2.15 bits per heavy atom. The average Bonchev–Trinajstić information content (AvgIpc) is 2.85. The molecule has 5 heteroatoms. The largest absolute Gasteiger partial charge is 0.321 e. The topological polar surface area (TPSA) is 64.0 Å². The van der Waals surface area contributed by atoms with Gasteiger partial charge in [0.15, 0.2) is 6.29 Å². The van der Waals surface area contributed by atoms with Crippen molar-refractivity contribution in [1.82, 2.24) is 9.78 Å². The number of nitrogens with zero attached hydrogens (tertiary/aromatic N) is 2. The predicted molar refractivity (Wildman–Crippen MR) is 77.1 cm³/mol. The molecule has 0 saturated heterocycles. The summed E-state index contributed by atoms with van der Waals surface area (Å²) in [5, 5.41) is 6.72. The number of rotatable bonds is 4. The first-order valence-electron chi connectivity index (χ1n) is 6.40. The zero-order valence-corrected chi connectivity index (χ0v) is 11.8. The van der Waals surface area contributed by atoms with Gasteiger partial charge in [0.2, 0.25) is 0 Å². The van der Waals surface area contributed by atoms with Crippen molar-refractivity contribution in [2.24, 2.45) is 7.05 Å². The number of hydrogen-bond donors (Lipinski definition) is 1. The molecule has 0 aliphatic carbocycles. The molecule has 1 heterocycles. The Kier molecular flexibility index (Phi) is 3.98. The zero-order valence-electron chi connectivity index (χ0n) is 11.8. The van der Waals surface area contributed by atoms with Gasteiger partial charge in [-0.2, -0.15) is 5.10 Å². The second kappa shape index (κ2) is 5.69. The van der Waals surface area contributed by atoms with E-state index in [-0.39, 0.29) is 5.91 Å². The van der Waals surface area contributed by atoms with Gasteiger partial charge in [-0.15, -0.1) is 0 Å². The van der Waals surface area contributed by atoms with Crippen molar-refractivity contribution in [1.29, 1.82) is 0 Å². The van der Waals surface area contributed by atoms with Gasteiger partial charge in [0.25, 0.3) is 5.91 Å². The highest BCUT2D eigenvalue weighted by molar-refractivity contribution is 6.06. The molecule has 2 rings (SSSR count). The highest BCUT2D eigenvalue weighted by atomic mass is 16.1. The minimum Gasteiger partial charge on any atom is -0.321 e. The third-order valence-electron chi connectivity index (χ3n) is 3.09. The summed E-state index contributed by atoms with van der Waals surface area (Å²) < 4.78 is 1.56. The van der Waals surface area contributed by atoms with Gasteiger partial charge in [0, 0.05) is 18.8 Å². The molecule has 0 unspecified atom stereocenters. The van der Waals surface area contributed by atoms with Gasteiger partial charge in [-0.05, 0) is 23.6 Å². The monoisotopic (exact) mass is 271 g/mol. The summed E-state index contributed by atoms with van der Waals surface area (Å²) in [6.45, 7) is 4.12. The van der Waals surface area contributed by atoms with E-state index in [1.165, 1.54) is 6.20 Å². The molecule has 20 heavy (non-hydrogen) atoms. The van der Waals surface area contributed by atoms with Crippen LogP contribution in [0.3, 0.4) is 0 Å². The minimum absolute atomic E-state index is 0.276. The first-order chi connectivity index (χ1) is 9.51. The normalized spacial score (nSPS) is 10.6. The van der Waals surface area contributed by atoms with E-state index in [1.54, 1.807) is 24.0 Å². The molecule has 2 aromatic rings. The van der Waals surface area contributed by atoms with Crippen LogP contribution in [0.4, 0.5) is 5.69 Å². The van der Waals surface area contributed by atoms with Crippen LogP contribution in [-0.4, -0.2) is 22.0 Å². The highest BCUT2D eigenvalue weighted by Crippen LogP contribution is 2.22. The van der Waals surface area contributed by atoms with Crippen molar-refractivity contribution in [3.05, 3.63) is 47.3 Å². The number of carbonyl (C=O) groups is 2. The number of aromatic nitrogens is 2. The molecule has 5 nitrogen and oxygen atoms in total. The number of nitrogens with one attached hydrogen (secondary N) is 1. The van der Waals surface area contributed by atoms with Crippen molar-refractivity contribution in [3.63, 3.8) is 0 Å². The summed E-state index contributed by atoms with van der Waals surface area (Å²) in [6, 6.07) is 5.46. The van der Waals surface area contributed by atoms with E-state index in [2.05, 4.69) is 24.3 Å². The van der Waals surface area contributed by atoms with E-state index in [1.807, 2.05) is 12.1 Å². The van der Waals surface area contributed by atoms with Gasteiger partial charge in [-0.25, -0.2) is 0 Å². The Labute approximate surface area is 117 Å². The molecule has 1 aromatic heterocycles. The SMILES string of the molecule is CC(C)c1ccc(C=O)c(NC(=O)c2cnn(C)c2)c1. The summed E-state index contributed by atoms with van der Waals surface area (Å²) in [5.41, 5.74) is 2.52. The maximum atomic E-state index is 12.1. The van der Waals surface area contributed by atoms with Crippen LogP contribution in [-0.2, 0) is 7.05 Å². The van der Waals surface area contributed by atoms with Crippen molar-refractivity contribution >= 4 is 17.9 Å². The van der Waals surface area contributed by atoms with Crippen molar-refractivity contribution in [2.75, 3.05) is 5.32 Å². The minimum atomic E-state index is -0.276. The standard InChI is InChI=1S/C15H17N3O2/c1-10(2)11-4-5-12(9-19)14(6-11)17-15(20)13-7-16-18(3)8-13/h4-10H,1-3H3,(H,17,20). The second-order valence-corrected chi connectivity index (χ2v) is 4.98. The Hall–Kier alpha value is -2.43. The fourth-order valence-corrected chi connectivity index (χ4v) is 1.88. The molecule has 0 aliphatic rings. The molecule has 0 saturated carbocycles. The number of benzene rings is 1. The van der Waals surface area contributed by atoms with E-state index < -0.39 is 0 Å². The molecule has 0 fully saturated rings. The Morgan fingerprint density at radius 1 is 1.40 bits per heavy atom. The van der Waals surface area contributed by atoms with E-state index in [9.17, 15) is 9.59 Å². The molecule has 104 valence electrons. The third-order valence-corrected chi connectivity index (χ3v) is 3.09. The maximum absolute atomic E-state index is 12.1. The number of aryl methyl sites for hydroxylation is 1. The van der Waals surface area contributed by atoms with Crippen LogP contribution >= 0.6 is 0 Å². The first-order valence-corrected chi connectivity index (χ1v) is 6.40. The Bertz CT molecular complexity index is 644. The lowest BCUT2D eigenvalue weighted by molar-refractivity contribution is 0.102. The van der Waals surface area contributed by atoms with E-state index in [0.717, 1.165) is 11.8 Å². The van der Waals surface area contributed by atoms with Crippen LogP contribution in [0.1, 0.15) is 46.0 Å². The predicted octanol–water partition coefficient (Wildman–Crippen LogP) is 2.61. The molecule has 1 N–H and O–H groups in total. The first kappa shape index (κ1) is 14.0. The zero-order chi connectivity index (χ0) is 14.7. The van der Waals surface area contributed by atoms with Gasteiger partial charge >= 0.3 is 0 Å². The molecule has 0 bridgehead atoms. The van der Waals surface area contributed by atoms with Gasteiger partial charge in [0.1, 0.15) is 0 Å². The molecule has 1 amide bonds. The van der Waals surface area contributed by atoms with Crippen LogP contribution in [0, 0.1) is 0 Å². The summed E-state index contributed by atoms with van der Waals surface area (Å²) in [6.07, 6.45) is 3.85. The summed E-state index contributed by atoms with van der Waals surface area (Å²) in [5.74, 6) is 0.0480. The lowest BCUT2D eigenvalue weighted by Gasteiger charge is -2.11. The summed E-state index contributed by atoms with van der Waals surface area (Å²) in [7, 11) is 1.74. The van der Waals surface area contributed by atoms with Gasteiger partial charge in [0.05, 0.1) is 17.4 Å². The lowest BCUT2D eigenvalue weighted by Crippen LogP contribution is -2.13. The van der Waals surface area contributed by atoms with Crippen LogP contribution in [0.25, 0.3) is 0 Å². The lowest BCUT2D eigenvalue weighted by atomic mass is 10.0. The van der Waals surface area contributed by atoms with Crippen LogP contribution in [0.15, 0.2) is 30.6 Å². The molecule has 0 aliphatic heterocycles. The average molecular weight is 271 g/mol. The quantitative estimate of drug-likeness (QED) is 0.869. The number of aldehydes is 1. The number of anilines is 1. The van der Waals surface area contributed by atoms with Crippen molar-refractivity contribution < 1.29 is 9.59 Å². The van der Waals surface area contributed by atoms with Gasteiger partial charge in [-0.3, -0.25) is 14.3 Å². The fraction of sp³-hybridized carbons (Fsp3) is 0.267. The van der Waals surface area contributed by atoms with E-state index >= 15 is 0 Å². The molecular formula is C15H17N3O2. The summed E-state index contributed by atoms with van der Waals surface area (Å²) in [4.78, 5) is 23.2. The molecule has 0 spiro atoms. The van der Waals surface area contributed by atoms with Gasteiger partial charge in [-0.1, -0.05) is 19.9 Å². The second-order valence-electron chi connectivity index (χ2n) is 4.98. The molecule has 1 aromatic carbocycles. The molecule has 0 radical (unpaired) electrons. The van der Waals surface area contributed by atoms with E-state index in [0.29, 0.717) is 22.7 Å². The van der Waals surface area contributed by atoms with Crippen LogP contribution in [0.2, 0.25) is 0 Å². The van der Waals surface area contributed by atoms with Gasteiger partial charge < -0.3 is 5.32 Å². The number of amides is 1. The Balaban J connectivity index is 2.29.